The van der Waals surface area contributed by atoms with E-state index in [0.717, 1.165) is 49.2 Å². The summed E-state index contributed by atoms with van der Waals surface area (Å²) in [4.78, 5) is 24.7. The van der Waals surface area contributed by atoms with Crippen LogP contribution < -0.4 is 5.32 Å². The lowest BCUT2D eigenvalue weighted by molar-refractivity contribution is 0.0945. The molecule has 0 saturated heterocycles. The van der Waals surface area contributed by atoms with Crippen LogP contribution in [0.3, 0.4) is 0 Å². The molecule has 0 spiro atoms. The SMILES string of the molecule is COCc1ccc2nccc(-c3[nH]c4c(c3I)C(=O)NCC4)c2n1. The van der Waals surface area contributed by atoms with Gasteiger partial charge in [-0.2, -0.15) is 0 Å². The summed E-state index contributed by atoms with van der Waals surface area (Å²) in [5.41, 5.74) is 6.08. The molecule has 1 aliphatic rings. The van der Waals surface area contributed by atoms with Gasteiger partial charge in [0.1, 0.15) is 0 Å². The van der Waals surface area contributed by atoms with Crippen molar-refractivity contribution in [2.45, 2.75) is 13.0 Å². The number of H-pyrrole nitrogens is 1. The summed E-state index contributed by atoms with van der Waals surface area (Å²) >= 11 is 2.23. The summed E-state index contributed by atoms with van der Waals surface area (Å²) in [5.74, 6) is -0.0189. The highest BCUT2D eigenvalue weighted by Gasteiger charge is 2.26. The molecule has 0 aliphatic carbocycles. The molecule has 6 nitrogen and oxygen atoms in total. The molecule has 24 heavy (non-hydrogen) atoms. The van der Waals surface area contributed by atoms with Crippen LogP contribution in [0.1, 0.15) is 21.7 Å². The first-order valence-electron chi connectivity index (χ1n) is 7.61. The van der Waals surface area contributed by atoms with Crippen molar-refractivity contribution in [2.24, 2.45) is 0 Å². The Bertz CT molecular complexity index is 951. The minimum Gasteiger partial charge on any atom is -0.378 e. The Balaban J connectivity index is 1.93. The molecule has 122 valence electrons. The van der Waals surface area contributed by atoms with Gasteiger partial charge in [0.15, 0.2) is 0 Å². The molecule has 3 aromatic heterocycles. The van der Waals surface area contributed by atoms with Gasteiger partial charge >= 0.3 is 0 Å². The number of methoxy groups -OCH3 is 1. The van der Waals surface area contributed by atoms with Crippen molar-refractivity contribution in [1.29, 1.82) is 0 Å². The predicted molar refractivity (Wildman–Crippen MR) is 98.8 cm³/mol. The van der Waals surface area contributed by atoms with Gasteiger partial charge < -0.3 is 15.0 Å². The van der Waals surface area contributed by atoms with Crippen LogP contribution in [0.5, 0.6) is 0 Å². The average Bonchev–Trinajstić information content (AvgIpc) is 2.92. The Morgan fingerprint density at radius 3 is 3.00 bits per heavy atom. The summed E-state index contributed by atoms with van der Waals surface area (Å²) in [6, 6.07) is 5.80. The molecule has 0 unspecified atom stereocenters. The second-order valence-corrected chi connectivity index (χ2v) is 6.71. The van der Waals surface area contributed by atoms with Gasteiger partial charge in [-0.05, 0) is 40.8 Å². The molecular formula is C17H15IN4O2. The van der Waals surface area contributed by atoms with Gasteiger partial charge in [0, 0.05) is 37.5 Å². The van der Waals surface area contributed by atoms with E-state index in [1.54, 1.807) is 13.3 Å². The number of pyridine rings is 2. The van der Waals surface area contributed by atoms with Gasteiger partial charge in [0.2, 0.25) is 0 Å². The number of hydrogen-bond donors (Lipinski definition) is 2. The van der Waals surface area contributed by atoms with E-state index in [1.165, 1.54) is 0 Å². The molecule has 0 radical (unpaired) electrons. The molecule has 0 fully saturated rings. The fourth-order valence-electron chi connectivity index (χ4n) is 3.02. The van der Waals surface area contributed by atoms with Gasteiger partial charge in [-0.3, -0.25) is 9.78 Å². The molecule has 7 heteroatoms. The summed E-state index contributed by atoms with van der Waals surface area (Å²) < 4.78 is 6.10. The number of nitrogens with zero attached hydrogens (tertiary/aromatic N) is 2. The standard InChI is InChI=1S/C17H15IN4O2/c1-24-8-9-2-3-12-15(21-9)10(4-6-19-12)16-14(18)13-11(22-16)5-7-20-17(13)23/h2-4,6,22H,5,7-8H2,1H3,(H,20,23). The maximum absolute atomic E-state index is 12.2. The molecular weight excluding hydrogens is 419 g/mol. The number of halogens is 1. The van der Waals surface area contributed by atoms with Crippen molar-refractivity contribution >= 4 is 39.5 Å². The second kappa shape index (κ2) is 6.14. The van der Waals surface area contributed by atoms with E-state index < -0.39 is 0 Å². The Morgan fingerprint density at radius 2 is 2.21 bits per heavy atom. The highest BCUT2D eigenvalue weighted by molar-refractivity contribution is 14.1. The quantitative estimate of drug-likeness (QED) is 0.622. The van der Waals surface area contributed by atoms with Crippen molar-refractivity contribution in [3.8, 4) is 11.3 Å². The van der Waals surface area contributed by atoms with E-state index in [4.69, 9.17) is 9.72 Å². The van der Waals surface area contributed by atoms with Crippen LogP contribution in [-0.2, 0) is 17.8 Å². The van der Waals surface area contributed by atoms with Crippen LogP contribution in [0.15, 0.2) is 24.4 Å². The lowest BCUT2D eigenvalue weighted by atomic mass is 10.1. The van der Waals surface area contributed by atoms with Crippen LogP contribution in [0, 0.1) is 3.57 Å². The largest absolute Gasteiger partial charge is 0.378 e. The van der Waals surface area contributed by atoms with Crippen LogP contribution in [0.25, 0.3) is 22.3 Å². The van der Waals surface area contributed by atoms with E-state index in [-0.39, 0.29) is 5.91 Å². The first kappa shape index (κ1) is 15.5. The summed E-state index contributed by atoms with van der Waals surface area (Å²) in [5, 5.41) is 2.90. The molecule has 0 saturated carbocycles. The molecule has 3 aromatic rings. The highest BCUT2D eigenvalue weighted by atomic mass is 127. The van der Waals surface area contributed by atoms with Gasteiger partial charge in [-0.25, -0.2) is 4.98 Å². The Labute approximate surface area is 152 Å². The molecule has 0 aromatic carbocycles. The zero-order chi connectivity index (χ0) is 16.7. The predicted octanol–water partition coefficient (Wildman–Crippen LogP) is 2.66. The monoisotopic (exact) mass is 434 g/mol. The van der Waals surface area contributed by atoms with Gasteiger partial charge in [0.05, 0.1) is 38.2 Å². The number of carbonyl (C=O) groups is 1. The average molecular weight is 434 g/mol. The molecule has 4 rings (SSSR count). The van der Waals surface area contributed by atoms with Crippen LogP contribution >= 0.6 is 22.6 Å². The molecule has 1 aliphatic heterocycles. The third-order valence-electron chi connectivity index (χ3n) is 4.11. The fraction of sp³-hybridized carbons (Fsp3) is 0.235. The van der Waals surface area contributed by atoms with Crippen molar-refractivity contribution in [3.05, 3.63) is 44.9 Å². The topological polar surface area (TPSA) is 79.9 Å². The minimum absolute atomic E-state index is 0.0189. The first-order chi connectivity index (χ1) is 11.7. The summed E-state index contributed by atoms with van der Waals surface area (Å²) in [6.45, 7) is 1.11. The number of hydrogen-bond acceptors (Lipinski definition) is 4. The van der Waals surface area contributed by atoms with Gasteiger partial charge in [0.25, 0.3) is 5.91 Å². The zero-order valence-electron chi connectivity index (χ0n) is 13.0. The van der Waals surface area contributed by atoms with Gasteiger partial charge in [-0.15, -0.1) is 0 Å². The summed E-state index contributed by atoms with van der Waals surface area (Å²) in [7, 11) is 1.65. The highest BCUT2D eigenvalue weighted by Crippen LogP contribution is 2.34. The lowest BCUT2D eigenvalue weighted by Gasteiger charge is -2.11. The smallest absolute Gasteiger partial charge is 0.254 e. The van der Waals surface area contributed by atoms with Crippen molar-refractivity contribution in [2.75, 3.05) is 13.7 Å². The van der Waals surface area contributed by atoms with Crippen molar-refractivity contribution in [1.82, 2.24) is 20.3 Å². The number of nitrogens with one attached hydrogen (secondary N) is 2. The van der Waals surface area contributed by atoms with Crippen LogP contribution in [0.2, 0.25) is 0 Å². The minimum atomic E-state index is -0.0189. The molecule has 2 N–H and O–H groups in total. The number of ether oxygens (including phenoxy) is 1. The van der Waals surface area contributed by atoms with E-state index in [2.05, 4.69) is 37.9 Å². The number of carbonyl (C=O) groups excluding carboxylic acids is 1. The number of amides is 1. The molecule has 0 atom stereocenters. The molecule has 0 bridgehead atoms. The molecule has 4 heterocycles. The van der Waals surface area contributed by atoms with E-state index in [0.29, 0.717) is 13.2 Å². The van der Waals surface area contributed by atoms with Crippen molar-refractivity contribution < 1.29 is 9.53 Å². The van der Waals surface area contributed by atoms with Crippen LogP contribution in [0.4, 0.5) is 0 Å². The maximum atomic E-state index is 12.2. The molecule has 1 amide bonds. The normalized spacial score (nSPS) is 13.8. The van der Waals surface area contributed by atoms with E-state index >= 15 is 0 Å². The fourth-order valence-corrected chi connectivity index (χ4v) is 4.02. The zero-order valence-corrected chi connectivity index (χ0v) is 15.2. The Hall–Kier alpha value is -2.00. The van der Waals surface area contributed by atoms with Crippen LogP contribution in [-0.4, -0.2) is 34.5 Å². The maximum Gasteiger partial charge on any atom is 0.254 e. The van der Waals surface area contributed by atoms with Gasteiger partial charge in [-0.1, -0.05) is 0 Å². The van der Waals surface area contributed by atoms with Crippen molar-refractivity contribution in [3.63, 3.8) is 0 Å². The Kier molecular flexibility index (Phi) is 3.97. The summed E-state index contributed by atoms with van der Waals surface area (Å²) in [6.07, 6.45) is 2.58. The van der Waals surface area contributed by atoms with E-state index in [9.17, 15) is 4.79 Å². The number of aromatic amines is 1. The first-order valence-corrected chi connectivity index (χ1v) is 8.69. The third kappa shape index (κ3) is 2.48. The third-order valence-corrected chi connectivity index (χ3v) is 5.19. The number of rotatable bonds is 3. The van der Waals surface area contributed by atoms with E-state index in [1.807, 2.05) is 18.2 Å². The second-order valence-electron chi connectivity index (χ2n) is 5.64. The number of fused-ring (bicyclic) bond motifs is 2. The number of aromatic nitrogens is 3. The Morgan fingerprint density at radius 1 is 1.33 bits per heavy atom. The lowest BCUT2D eigenvalue weighted by Crippen LogP contribution is -2.31.